The Labute approximate surface area is 183 Å². The molecule has 0 bridgehead atoms. The minimum atomic E-state index is -0.513. The Morgan fingerprint density at radius 3 is 2.45 bits per heavy atom. The fourth-order valence-corrected chi connectivity index (χ4v) is 3.69. The molecule has 0 saturated carbocycles. The van der Waals surface area contributed by atoms with Crippen molar-refractivity contribution in [2.24, 2.45) is 0 Å². The molecule has 0 N–H and O–H groups in total. The lowest BCUT2D eigenvalue weighted by Gasteiger charge is -2.37. The van der Waals surface area contributed by atoms with E-state index in [1.165, 1.54) is 4.57 Å². The van der Waals surface area contributed by atoms with E-state index in [2.05, 4.69) is 4.98 Å². The zero-order valence-electron chi connectivity index (χ0n) is 19.2. The van der Waals surface area contributed by atoms with Gasteiger partial charge in [0, 0.05) is 37.9 Å². The third kappa shape index (κ3) is 5.57. The van der Waals surface area contributed by atoms with Gasteiger partial charge in [-0.15, -0.1) is 0 Å². The molecule has 0 atom stereocenters. The Balaban J connectivity index is 1.63. The van der Waals surface area contributed by atoms with Gasteiger partial charge in [-0.2, -0.15) is 0 Å². The number of piperidine rings is 1. The maximum Gasteiger partial charge on any atom is 0.410 e. The number of methoxy groups -OCH3 is 1. The molecule has 31 heavy (non-hydrogen) atoms. The molecule has 0 aliphatic carbocycles. The Morgan fingerprint density at radius 2 is 1.84 bits per heavy atom. The molecule has 168 valence electrons. The van der Waals surface area contributed by atoms with Crippen LogP contribution in [0.1, 0.15) is 39.2 Å². The number of hydrogen-bond donors (Lipinski definition) is 0. The summed E-state index contributed by atoms with van der Waals surface area (Å²) >= 11 is 0. The van der Waals surface area contributed by atoms with E-state index < -0.39 is 5.60 Å². The van der Waals surface area contributed by atoms with Crippen LogP contribution in [0.4, 0.5) is 9.59 Å². The molecule has 1 aromatic carbocycles. The molecule has 1 aliphatic heterocycles. The van der Waals surface area contributed by atoms with Crippen LogP contribution in [0.3, 0.4) is 0 Å². The van der Waals surface area contributed by atoms with Gasteiger partial charge in [-0.1, -0.05) is 0 Å². The maximum absolute atomic E-state index is 13.0. The smallest absolute Gasteiger partial charge is 0.410 e. The minimum Gasteiger partial charge on any atom is -0.497 e. The van der Waals surface area contributed by atoms with Crippen LogP contribution in [0.5, 0.6) is 5.75 Å². The van der Waals surface area contributed by atoms with E-state index in [4.69, 9.17) is 9.47 Å². The highest BCUT2D eigenvalue weighted by molar-refractivity contribution is 5.78. The number of aryl methyl sites for hydroxylation is 1. The van der Waals surface area contributed by atoms with Gasteiger partial charge >= 0.3 is 12.1 Å². The van der Waals surface area contributed by atoms with Crippen LogP contribution in [0, 0.1) is 6.92 Å². The van der Waals surface area contributed by atoms with Crippen LogP contribution in [-0.2, 0) is 4.74 Å². The normalized spacial score (nSPS) is 15.0. The number of likely N-dealkylation sites (tertiary alicyclic amines) is 1. The van der Waals surface area contributed by atoms with E-state index in [0.29, 0.717) is 31.6 Å². The molecule has 0 unspecified atom stereocenters. The SMILES string of the molecule is COc1cc(C)cc(-c2cn(C(=O)N(C)C3CCN(C(=O)OC(C)(C)C)CC3)cn2)c1. The van der Waals surface area contributed by atoms with Gasteiger partial charge in [-0.25, -0.2) is 14.6 Å². The molecule has 8 nitrogen and oxygen atoms in total. The second kappa shape index (κ2) is 8.99. The number of carbonyl (C=O) groups excluding carboxylic acids is 2. The van der Waals surface area contributed by atoms with E-state index >= 15 is 0 Å². The van der Waals surface area contributed by atoms with E-state index in [-0.39, 0.29) is 18.2 Å². The molecule has 2 amide bonds. The summed E-state index contributed by atoms with van der Waals surface area (Å²) in [7, 11) is 3.43. The van der Waals surface area contributed by atoms with Gasteiger partial charge in [0.1, 0.15) is 17.7 Å². The number of ether oxygens (including phenoxy) is 2. The van der Waals surface area contributed by atoms with Crippen molar-refractivity contribution in [3.05, 3.63) is 36.3 Å². The van der Waals surface area contributed by atoms with E-state index in [9.17, 15) is 9.59 Å². The molecule has 0 radical (unpaired) electrons. The van der Waals surface area contributed by atoms with Crippen LogP contribution >= 0.6 is 0 Å². The third-order valence-electron chi connectivity index (χ3n) is 5.35. The maximum atomic E-state index is 13.0. The fourth-order valence-electron chi connectivity index (χ4n) is 3.69. The van der Waals surface area contributed by atoms with Crippen LogP contribution in [-0.4, -0.2) is 70.4 Å². The minimum absolute atomic E-state index is 0.0519. The standard InChI is InChI=1S/C23H32N4O4/c1-16-11-17(13-19(12-16)30-6)20-14-27(15-24-20)21(28)25(5)18-7-9-26(10-8-18)22(29)31-23(2,3)4/h11-15,18H,7-10H2,1-6H3. The van der Waals surface area contributed by atoms with Crippen molar-refractivity contribution in [2.75, 3.05) is 27.2 Å². The summed E-state index contributed by atoms with van der Waals surface area (Å²) in [5.41, 5.74) is 2.16. The summed E-state index contributed by atoms with van der Waals surface area (Å²) in [4.78, 5) is 33.1. The molecule has 1 aliphatic rings. The first-order valence-electron chi connectivity index (χ1n) is 10.5. The number of benzene rings is 1. The highest BCUT2D eigenvalue weighted by atomic mass is 16.6. The van der Waals surface area contributed by atoms with E-state index in [1.807, 2.05) is 45.9 Å². The lowest BCUT2D eigenvalue weighted by Crippen LogP contribution is -2.49. The van der Waals surface area contributed by atoms with Crippen LogP contribution < -0.4 is 4.74 Å². The number of aromatic nitrogens is 2. The van der Waals surface area contributed by atoms with Crippen molar-refractivity contribution in [1.29, 1.82) is 0 Å². The molecular formula is C23H32N4O4. The Morgan fingerprint density at radius 1 is 1.16 bits per heavy atom. The van der Waals surface area contributed by atoms with Gasteiger partial charge < -0.3 is 19.3 Å². The first-order valence-corrected chi connectivity index (χ1v) is 10.5. The molecule has 1 saturated heterocycles. The zero-order valence-corrected chi connectivity index (χ0v) is 19.2. The van der Waals surface area contributed by atoms with Crippen LogP contribution in [0.25, 0.3) is 11.3 Å². The van der Waals surface area contributed by atoms with Crippen molar-refractivity contribution >= 4 is 12.1 Å². The molecule has 8 heteroatoms. The largest absolute Gasteiger partial charge is 0.497 e. The van der Waals surface area contributed by atoms with Crippen molar-refractivity contribution in [2.45, 2.75) is 52.2 Å². The summed E-state index contributed by atoms with van der Waals surface area (Å²) in [5, 5.41) is 0. The van der Waals surface area contributed by atoms with Crippen molar-refractivity contribution in [3.63, 3.8) is 0 Å². The number of hydrogen-bond acceptors (Lipinski definition) is 5. The second-order valence-corrected chi connectivity index (χ2v) is 9.00. The lowest BCUT2D eigenvalue weighted by molar-refractivity contribution is 0.0172. The molecule has 3 rings (SSSR count). The van der Waals surface area contributed by atoms with E-state index in [0.717, 1.165) is 16.9 Å². The van der Waals surface area contributed by atoms with Crippen LogP contribution in [0.2, 0.25) is 0 Å². The summed E-state index contributed by atoms with van der Waals surface area (Å²) in [6.45, 7) is 8.69. The highest BCUT2D eigenvalue weighted by Gasteiger charge is 2.30. The summed E-state index contributed by atoms with van der Waals surface area (Å²) < 4.78 is 12.3. The van der Waals surface area contributed by atoms with Crippen LogP contribution in [0.15, 0.2) is 30.7 Å². The Bertz CT molecular complexity index is 939. The Kier molecular flexibility index (Phi) is 6.57. The molecule has 0 spiro atoms. The predicted molar refractivity (Wildman–Crippen MR) is 118 cm³/mol. The first kappa shape index (κ1) is 22.7. The zero-order chi connectivity index (χ0) is 22.8. The number of imidazole rings is 1. The molecule has 2 aromatic rings. The van der Waals surface area contributed by atoms with Gasteiger partial charge in [0.05, 0.1) is 12.8 Å². The molecule has 1 aromatic heterocycles. The quantitative estimate of drug-likeness (QED) is 0.733. The summed E-state index contributed by atoms with van der Waals surface area (Å²) in [5.74, 6) is 0.754. The first-order chi connectivity index (χ1) is 14.6. The number of amides is 2. The predicted octanol–water partition coefficient (Wildman–Crippen LogP) is 4.17. The molecule has 1 fully saturated rings. The average molecular weight is 429 g/mol. The monoisotopic (exact) mass is 428 g/mol. The van der Waals surface area contributed by atoms with Gasteiger partial charge in [0.2, 0.25) is 0 Å². The highest BCUT2D eigenvalue weighted by Crippen LogP contribution is 2.25. The molecule has 2 heterocycles. The summed E-state index contributed by atoms with van der Waals surface area (Å²) in [6, 6.07) is 5.77. The summed E-state index contributed by atoms with van der Waals surface area (Å²) in [6.07, 6.45) is 4.39. The number of rotatable bonds is 3. The van der Waals surface area contributed by atoms with Gasteiger partial charge in [-0.05, 0) is 64.3 Å². The molecular weight excluding hydrogens is 396 g/mol. The lowest BCUT2D eigenvalue weighted by atomic mass is 10.0. The second-order valence-electron chi connectivity index (χ2n) is 9.00. The van der Waals surface area contributed by atoms with E-state index in [1.54, 1.807) is 36.5 Å². The number of nitrogens with zero attached hydrogens (tertiary/aromatic N) is 4. The fraction of sp³-hybridized carbons (Fsp3) is 0.522. The third-order valence-corrected chi connectivity index (χ3v) is 5.35. The van der Waals surface area contributed by atoms with Gasteiger partial charge in [0.15, 0.2) is 0 Å². The average Bonchev–Trinajstić information content (AvgIpc) is 3.21. The van der Waals surface area contributed by atoms with Crippen molar-refractivity contribution < 1.29 is 19.1 Å². The Hall–Kier alpha value is -3.03. The number of carbonyl (C=O) groups is 2. The van der Waals surface area contributed by atoms with Gasteiger partial charge in [-0.3, -0.25) is 4.57 Å². The van der Waals surface area contributed by atoms with Gasteiger partial charge in [0.25, 0.3) is 0 Å². The van der Waals surface area contributed by atoms with Crippen molar-refractivity contribution in [1.82, 2.24) is 19.4 Å². The topological polar surface area (TPSA) is 76.9 Å². The van der Waals surface area contributed by atoms with Crippen molar-refractivity contribution in [3.8, 4) is 17.0 Å².